The molecule has 2 heterocycles. The van der Waals surface area contributed by atoms with Gasteiger partial charge < -0.3 is 9.64 Å². The van der Waals surface area contributed by atoms with E-state index in [2.05, 4.69) is 21.8 Å². The molecule has 0 aliphatic heterocycles. The minimum Gasteiger partial charge on any atom is -0.465 e. The summed E-state index contributed by atoms with van der Waals surface area (Å²) in [6.45, 7) is 2.61. The standard InChI is InChI=1S/C12H14N2O2S2/c1-8-10(11(15)16-3)18-12(13-8)14(2)6-9-4-5-17-7-9/h4-5,7H,6H2,1-3H3. The zero-order valence-electron chi connectivity index (χ0n) is 10.5. The normalized spacial score (nSPS) is 10.4. The summed E-state index contributed by atoms with van der Waals surface area (Å²) < 4.78 is 4.73. The van der Waals surface area contributed by atoms with Gasteiger partial charge in [0.25, 0.3) is 0 Å². The van der Waals surface area contributed by atoms with Gasteiger partial charge in [-0.2, -0.15) is 11.3 Å². The Morgan fingerprint density at radius 2 is 2.33 bits per heavy atom. The van der Waals surface area contributed by atoms with E-state index in [1.165, 1.54) is 24.0 Å². The third-order valence-corrected chi connectivity index (χ3v) is 4.47. The van der Waals surface area contributed by atoms with Crippen LogP contribution in [0.4, 0.5) is 5.13 Å². The molecule has 0 atom stereocenters. The smallest absolute Gasteiger partial charge is 0.350 e. The molecule has 0 aliphatic carbocycles. The number of methoxy groups -OCH3 is 1. The fourth-order valence-corrected chi connectivity index (χ4v) is 3.16. The van der Waals surface area contributed by atoms with Gasteiger partial charge in [0.1, 0.15) is 4.88 Å². The summed E-state index contributed by atoms with van der Waals surface area (Å²) in [5.41, 5.74) is 1.97. The Morgan fingerprint density at radius 1 is 1.56 bits per heavy atom. The lowest BCUT2D eigenvalue weighted by molar-refractivity contribution is 0.0605. The van der Waals surface area contributed by atoms with E-state index in [1.54, 1.807) is 11.3 Å². The summed E-state index contributed by atoms with van der Waals surface area (Å²) >= 11 is 3.04. The van der Waals surface area contributed by atoms with Crippen LogP contribution < -0.4 is 4.90 Å². The van der Waals surface area contributed by atoms with Crippen molar-refractivity contribution in [2.24, 2.45) is 0 Å². The molecule has 2 rings (SSSR count). The van der Waals surface area contributed by atoms with E-state index in [0.717, 1.165) is 17.4 Å². The Kier molecular flexibility index (Phi) is 3.98. The van der Waals surface area contributed by atoms with Crippen LogP contribution in [0.5, 0.6) is 0 Å². The molecule has 0 bridgehead atoms. The monoisotopic (exact) mass is 282 g/mol. The van der Waals surface area contributed by atoms with Gasteiger partial charge >= 0.3 is 5.97 Å². The number of thiophene rings is 1. The van der Waals surface area contributed by atoms with Gasteiger partial charge in [-0.3, -0.25) is 0 Å². The quantitative estimate of drug-likeness (QED) is 0.809. The molecule has 0 radical (unpaired) electrons. The van der Waals surface area contributed by atoms with E-state index < -0.39 is 0 Å². The summed E-state index contributed by atoms with van der Waals surface area (Å²) in [4.78, 5) is 18.5. The Hall–Kier alpha value is -1.40. The van der Waals surface area contributed by atoms with Crippen LogP contribution in [-0.2, 0) is 11.3 Å². The number of nitrogens with zero attached hydrogens (tertiary/aromatic N) is 2. The summed E-state index contributed by atoms with van der Waals surface area (Å²) in [6.07, 6.45) is 0. The molecule has 0 aliphatic rings. The average molecular weight is 282 g/mol. The number of aromatic nitrogens is 1. The van der Waals surface area contributed by atoms with Crippen LogP contribution in [-0.4, -0.2) is 25.1 Å². The molecular weight excluding hydrogens is 268 g/mol. The van der Waals surface area contributed by atoms with Gasteiger partial charge in [0.05, 0.1) is 12.8 Å². The first-order chi connectivity index (χ1) is 8.61. The first-order valence-electron chi connectivity index (χ1n) is 5.39. The van der Waals surface area contributed by atoms with Gasteiger partial charge in [-0.25, -0.2) is 9.78 Å². The molecule has 6 heteroatoms. The zero-order valence-corrected chi connectivity index (χ0v) is 12.1. The largest absolute Gasteiger partial charge is 0.465 e. The highest BCUT2D eigenvalue weighted by atomic mass is 32.1. The maximum atomic E-state index is 11.5. The molecular formula is C12H14N2O2S2. The number of anilines is 1. The second kappa shape index (κ2) is 5.49. The van der Waals surface area contributed by atoms with Crippen molar-refractivity contribution in [3.05, 3.63) is 33.0 Å². The lowest BCUT2D eigenvalue weighted by Crippen LogP contribution is -2.15. The number of rotatable bonds is 4. The Balaban J connectivity index is 2.16. The molecule has 96 valence electrons. The summed E-state index contributed by atoms with van der Waals surface area (Å²) in [6, 6.07) is 2.09. The molecule has 0 unspecified atom stereocenters. The Morgan fingerprint density at radius 3 is 2.94 bits per heavy atom. The van der Waals surface area contributed by atoms with Gasteiger partial charge in [0.2, 0.25) is 0 Å². The van der Waals surface area contributed by atoms with Crippen molar-refractivity contribution in [2.75, 3.05) is 19.1 Å². The van der Waals surface area contributed by atoms with Crippen molar-refractivity contribution in [1.29, 1.82) is 0 Å². The molecule has 18 heavy (non-hydrogen) atoms. The number of esters is 1. The molecule has 4 nitrogen and oxygen atoms in total. The molecule has 0 N–H and O–H groups in total. The minimum atomic E-state index is -0.319. The van der Waals surface area contributed by atoms with Crippen molar-refractivity contribution >= 4 is 33.8 Å². The molecule has 0 amide bonds. The van der Waals surface area contributed by atoms with Gasteiger partial charge in [0.15, 0.2) is 5.13 Å². The van der Waals surface area contributed by atoms with E-state index in [1.807, 2.05) is 18.9 Å². The SMILES string of the molecule is COC(=O)c1sc(N(C)Cc2ccsc2)nc1C. The number of aryl methyl sites for hydroxylation is 1. The first-order valence-corrected chi connectivity index (χ1v) is 7.15. The number of carbonyl (C=O) groups is 1. The topological polar surface area (TPSA) is 42.4 Å². The van der Waals surface area contributed by atoms with Gasteiger partial charge in [-0.15, -0.1) is 0 Å². The van der Waals surface area contributed by atoms with Crippen molar-refractivity contribution in [1.82, 2.24) is 4.98 Å². The third kappa shape index (κ3) is 2.70. The summed E-state index contributed by atoms with van der Waals surface area (Å²) in [7, 11) is 3.35. The second-order valence-electron chi connectivity index (χ2n) is 3.89. The fraction of sp³-hybridized carbons (Fsp3) is 0.333. The summed E-state index contributed by atoms with van der Waals surface area (Å²) in [5, 5.41) is 4.99. The first kappa shape index (κ1) is 13.0. The van der Waals surface area contributed by atoms with Crippen LogP contribution in [0.15, 0.2) is 16.8 Å². The lowest BCUT2D eigenvalue weighted by Gasteiger charge is -2.14. The van der Waals surface area contributed by atoms with Gasteiger partial charge in [-0.1, -0.05) is 11.3 Å². The maximum absolute atomic E-state index is 11.5. The Bertz CT molecular complexity index is 534. The number of hydrogen-bond acceptors (Lipinski definition) is 6. The highest BCUT2D eigenvalue weighted by Gasteiger charge is 2.17. The molecule has 2 aromatic rings. The third-order valence-electron chi connectivity index (χ3n) is 2.48. The fourth-order valence-electron chi connectivity index (χ4n) is 1.55. The van der Waals surface area contributed by atoms with Crippen LogP contribution in [0.25, 0.3) is 0 Å². The number of thiazole rings is 1. The van der Waals surface area contributed by atoms with Crippen LogP contribution in [0.3, 0.4) is 0 Å². The van der Waals surface area contributed by atoms with E-state index in [-0.39, 0.29) is 5.97 Å². The van der Waals surface area contributed by atoms with E-state index in [4.69, 9.17) is 4.74 Å². The number of ether oxygens (including phenoxy) is 1. The molecule has 0 spiro atoms. The molecule has 0 saturated heterocycles. The van der Waals surface area contributed by atoms with Gasteiger partial charge in [-0.05, 0) is 29.3 Å². The predicted octanol–water partition coefficient (Wildman–Crippen LogP) is 2.94. The van der Waals surface area contributed by atoms with Gasteiger partial charge in [0, 0.05) is 13.6 Å². The van der Waals surface area contributed by atoms with Crippen LogP contribution >= 0.6 is 22.7 Å². The second-order valence-corrected chi connectivity index (χ2v) is 5.65. The van der Waals surface area contributed by atoms with E-state index in [9.17, 15) is 4.79 Å². The zero-order chi connectivity index (χ0) is 13.1. The van der Waals surface area contributed by atoms with Crippen molar-refractivity contribution in [2.45, 2.75) is 13.5 Å². The van der Waals surface area contributed by atoms with Crippen LogP contribution in [0.1, 0.15) is 20.9 Å². The highest BCUT2D eigenvalue weighted by molar-refractivity contribution is 7.17. The highest BCUT2D eigenvalue weighted by Crippen LogP contribution is 2.27. The molecule has 0 aromatic carbocycles. The minimum absolute atomic E-state index is 0.319. The van der Waals surface area contributed by atoms with Crippen molar-refractivity contribution in [3.63, 3.8) is 0 Å². The maximum Gasteiger partial charge on any atom is 0.350 e. The summed E-state index contributed by atoms with van der Waals surface area (Å²) in [5.74, 6) is -0.319. The van der Waals surface area contributed by atoms with E-state index >= 15 is 0 Å². The molecule has 2 aromatic heterocycles. The molecule has 0 saturated carbocycles. The van der Waals surface area contributed by atoms with Crippen molar-refractivity contribution < 1.29 is 9.53 Å². The van der Waals surface area contributed by atoms with Crippen LogP contribution in [0, 0.1) is 6.92 Å². The van der Waals surface area contributed by atoms with Crippen molar-refractivity contribution in [3.8, 4) is 0 Å². The molecule has 0 fully saturated rings. The predicted molar refractivity (Wildman–Crippen MR) is 74.6 cm³/mol. The van der Waals surface area contributed by atoms with E-state index in [0.29, 0.717) is 4.88 Å². The number of carbonyl (C=O) groups excluding carboxylic acids is 1. The number of hydrogen-bond donors (Lipinski definition) is 0. The average Bonchev–Trinajstić information content (AvgIpc) is 2.97. The van der Waals surface area contributed by atoms with Crippen LogP contribution in [0.2, 0.25) is 0 Å². The lowest BCUT2D eigenvalue weighted by atomic mass is 10.3. The Labute approximate surface area is 114 Å².